The molecule has 0 radical (unpaired) electrons. The van der Waals surface area contributed by atoms with E-state index in [9.17, 15) is 14.7 Å². The summed E-state index contributed by atoms with van der Waals surface area (Å²) in [6.45, 7) is 3.24. The highest BCUT2D eigenvalue weighted by Crippen LogP contribution is 2.45. The van der Waals surface area contributed by atoms with Crippen molar-refractivity contribution in [2.24, 2.45) is 0 Å². The standard InChI is InChI=1S/C33H40NO5S.ClH/c1-3-38-31(35)16-10-15-29-19-20-30(40-29)23-34(2)26-17-18-27(34)22-28(21-26)39-32(36)33(37,24-11-6-4-7-12-24)25-13-8-5-9-14-25;/h4-9,11-14,19-20,26-28,37H,3,10,15-18,21-23H2,1-2H3;1H/q+1;/p-1/t26-,27+,28?,34?;. The van der Waals surface area contributed by atoms with Crippen LogP contribution in [0.3, 0.4) is 0 Å². The van der Waals surface area contributed by atoms with Crippen LogP contribution in [0.1, 0.15) is 66.3 Å². The highest BCUT2D eigenvalue weighted by atomic mass is 35.5. The van der Waals surface area contributed by atoms with Crippen molar-refractivity contribution in [3.05, 3.63) is 93.7 Å². The van der Waals surface area contributed by atoms with Crippen LogP contribution in [-0.2, 0) is 37.6 Å². The molecule has 2 saturated heterocycles. The van der Waals surface area contributed by atoms with Gasteiger partial charge < -0.3 is 31.5 Å². The number of hydrogen-bond donors (Lipinski definition) is 1. The SMILES string of the molecule is CCOC(=O)CCCc1ccc(C[N+]2(C)[C@@H]3CC[C@H]2CC(OC(=O)C(O)(c2ccccc2)c2ccccc2)C3)s1.[Cl-]. The number of benzene rings is 2. The Bertz CT molecular complexity index is 1240. The van der Waals surface area contributed by atoms with Gasteiger partial charge in [0, 0.05) is 37.0 Å². The minimum Gasteiger partial charge on any atom is -1.00 e. The third kappa shape index (κ3) is 6.69. The van der Waals surface area contributed by atoms with Crippen molar-refractivity contribution < 1.29 is 41.1 Å². The Morgan fingerprint density at radius 3 is 2.05 bits per heavy atom. The molecule has 1 aromatic heterocycles. The highest BCUT2D eigenvalue weighted by Gasteiger charge is 2.53. The molecule has 5 rings (SSSR count). The Hall–Kier alpha value is -2.71. The van der Waals surface area contributed by atoms with Gasteiger partial charge >= 0.3 is 11.9 Å². The molecule has 2 unspecified atom stereocenters. The van der Waals surface area contributed by atoms with Gasteiger partial charge in [0.25, 0.3) is 0 Å². The Labute approximate surface area is 253 Å². The molecule has 41 heavy (non-hydrogen) atoms. The number of quaternary nitrogens is 1. The van der Waals surface area contributed by atoms with E-state index in [1.165, 1.54) is 9.75 Å². The molecule has 2 fully saturated rings. The predicted molar refractivity (Wildman–Crippen MR) is 156 cm³/mol. The lowest BCUT2D eigenvalue weighted by Gasteiger charge is -2.47. The number of carbonyl (C=O) groups excluding carboxylic acids is 2. The molecule has 3 aromatic rings. The molecule has 3 heterocycles. The van der Waals surface area contributed by atoms with Gasteiger partial charge in [-0.3, -0.25) is 4.79 Å². The predicted octanol–water partition coefficient (Wildman–Crippen LogP) is 2.76. The molecule has 1 N–H and O–H groups in total. The van der Waals surface area contributed by atoms with E-state index in [1.807, 2.05) is 54.7 Å². The number of fused-ring (bicyclic) bond motifs is 2. The van der Waals surface area contributed by atoms with E-state index in [0.29, 0.717) is 36.2 Å². The van der Waals surface area contributed by atoms with Crippen LogP contribution in [0.15, 0.2) is 72.8 Å². The minimum atomic E-state index is -1.85. The van der Waals surface area contributed by atoms with Gasteiger partial charge in [0.05, 0.1) is 30.6 Å². The molecule has 2 aliphatic rings. The second-order valence-corrected chi connectivity index (χ2v) is 12.6. The van der Waals surface area contributed by atoms with E-state index in [0.717, 1.165) is 49.6 Å². The van der Waals surface area contributed by atoms with Crippen molar-refractivity contribution in [3.63, 3.8) is 0 Å². The summed E-state index contributed by atoms with van der Waals surface area (Å²) in [6, 6.07) is 23.4. The zero-order valence-electron chi connectivity index (χ0n) is 23.8. The van der Waals surface area contributed by atoms with Gasteiger partial charge in [-0.1, -0.05) is 60.7 Å². The molecule has 4 atom stereocenters. The van der Waals surface area contributed by atoms with Crippen molar-refractivity contribution >= 4 is 23.3 Å². The summed E-state index contributed by atoms with van der Waals surface area (Å²) >= 11 is 1.85. The van der Waals surface area contributed by atoms with E-state index in [1.54, 1.807) is 24.3 Å². The smallest absolute Gasteiger partial charge is 0.347 e. The molecule has 8 heteroatoms. The van der Waals surface area contributed by atoms with Crippen molar-refractivity contribution in [2.75, 3.05) is 13.7 Å². The Balaban J connectivity index is 0.00000387. The zero-order valence-corrected chi connectivity index (χ0v) is 25.4. The summed E-state index contributed by atoms with van der Waals surface area (Å²) in [5.41, 5.74) is -0.819. The second kappa shape index (κ2) is 13.5. The fourth-order valence-electron chi connectivity index (χ4n) is 6.66. The number of ether oxygens (including phenoxy) is 2. The second-order valence-electron chi connectivity index (χ2n) is 11.4. The van der Waals surface area contributed by atoms with Gasteiger partial charge in [-0.15, -0.1) is 11.3 Å². The summed E-state index contributed by atoms with van der Waals surface area (Å²) in [4.78, 5) is 28.0. The number of rotatable bonds is 11. The molecule has 6 nitrogen and oxygen atoms in total. The Kier molecular flexibility index (Phi) is 10.3. The van der Waals surface area contributed by atoms with E-state index in [4.69, 9.17) is 9.47 Å². The van der Waals surface area contributed by atoms with E-state index >= 15 is 0 Å². The minimum absolute atomic E-state index is 0. The summed E-state index contributed by atoms with van der Waals surface area (Å²) in [5, 5.41) is 11.8. The summed E-state index contributed by atoms with van der Waals surface area (Å²) in [7, 11) is 2.35. The Morgan fingerprint density at radius 1 is 0.927 bits per heavy atom. The summed E-state index contributed by atoms with van der Waals surface area (Å²) in [6.07, 6.45) is 5.79. The maximum absolute atomic E-state index is 13.7. The van der Waals surface area contributed by atoms with Crippen LogP contribution in [0.25, 0.3) is 0 Å². The molecule has 0 amide bonds. The van der Waals surface area contributed by atoms with Crippen molar-refractivity contribution in [1.29, 1.82) is 0 Å². The molecule has 2 bridgehead atoms. The lowest BCUT2D eigenvalue weighted by atomic mass is 9.86. The summed E-state index contributed by atoms with van der Waals surface area (Å²) in [5.74, 6) is -0.723. The first-order valence-corrected chi connectivity index (χ1v) is 15.3. The number of thiophene rings is 1. The molecule has 2 aromatic carbocycles. The van der Waals surface area contributed by atoms with E-state index in [-0.39, 0.29) is 24.5 Å². The monoisotopic (exact) mass is 597 g/mol. The van der Waals surface area contributed by atoms with Crippen LogP contribution in [0.4, 0.5) is 0 Å². The largest absolute Gasteiger partial charge is 1.00 e. The van der Waals surface area contributed by atoms with E-state index < -0.39 is 11.6 Å². The number of nitrogens with zero attached hydrogens (tertiary/aromatic N) is 1. The normalized spacial score (nSPS) is 23.4. The van der Waals surface area contributed by atoms with Gasteiger partial charge in [-0.2, -0.15) is 0 Å². The van der Waals surface area contributed by atoms with Crippen LogP contribution in [0, 0.1) is 0 Å². The van der Waals surface area contributed by atoms with Gasteiger partial charge in [-0.25, -0.2) is 4.79 Å². The number of hydrogen-bond acceptors (Lipinski definition) is 6. The highest BCUT2D eigenvalue weighted by molar-refractivity contribution is 7.11. The molecule has 220 valence electrons. The summed E-state index contributed by atoms with van der Waals surface area (Å²) < 4.78 is 12.2. The average Bonchev–Trinajstić information content (AvgIpc) is 3.43. The van der Waals surface area contributed by atoms with Crippen LogP contribution >= 0.6 is 11.3 Å². The zero-order chi connectivity index (χ0) is 28.2. The van der Waals surface area contributed by atoms with Crippen LogP contribution in [-0.4, -0.2) is 53.4 Å². The first-order valence-electron chi connectivity index (χ1n) is 14.5. The number of halogens is 1. The number of esters is 2. The topological polar surface area (TPSA) is 72.8 Å². The maximum Gasteiger partial charge on any atom is 0.347 e. The fourth-order valence-corrected chi connectivity index (χ4v) is 7.86. The first-order chi connectivity index (χ1) is 19.3. The quantitative estimate of drug-likeness (QED) is 0.272. The molecule has 0 aliphatic carbocycles. The van der Waals surface area contributed by atoms with E-state index in [2.05, 4.69) is 19.2 Å². The van der Waals surface area contributed by atoms with Gasteiger partial charge in [0.15, 0.2) is 0 Å². The number of aliphatic hydroxyl groups is 1. The van der Waals surface area contributed by atoms with Crippen LogP contribution in [0.5, 0.6) is 0 Å². The molecule has 0 spiro atoms. The Morgan fingerprint density at radius 2 is 1.49 bits per heavy atom. The number of piperidine rings is 1. The number of aryl methyl sites for hydroxylation is 1. The first kappa shape index (κ1) is 31.2. The molecular weight excluding hydrogens is 558 g/mol. The van der Waals surface area contributed by atoms with Crippen LogP contribution < -0.4 is 12.4 Å². The third-order valence-electron chi connectivity index (χ3n) is 8.85. The van der Waals surface area contributed by atoms with Crippen molar-refractivity contribution in [3.8, 4) is 0 Å². The molecule has 2 aliphatic heterocycles. The third-order valence-corrected chi connectivity index (χ3v) is 9.98. The van der Waals surface area contributed by atoms with Gasteiger partial charge in [-0.05, 0) is 43.0 Å². The maximum atomic E-state index is 13.7. The lowest BCUT2D eigenvalue weighted by Crippen LogP contribution is -3.00. The average molecular weight is 598 g/mol. The van der Waals surface area contributed by atoms with Crippen molar-refractivity contribution in [2.45, 2.75) is 82.2 Å². The number of carbonyl (C=O) groups is 2. The molecular formula is C33H40ClNO5S. The fraction of sp³-hybridized carbons (Fsp3) is 0.455. The lowest BCUT2D eigenvalue weighted by molar-refractivity contribution is -0.961. The molecule has 0 saturated carbocycles. The van der Waals surface area contributed by atoms with Crippen molar-refractivity contribution in [1.82, 2.24) is 0 Å². The van der Waals surface area contributed by atoms with Gasteiger partial charge in [0.2, 0.25) is 5.60 Å². The van der Waals surface area contributed by atoms with Gasteiger partial charge in [0.1, 0.15) is 12.6 Å². The van der Waals surface area contributed by atoms with Crippen LogP contribution in [0.2, 0.25) is 0 Å².